The Morgan fingerprint density at radius 2 is 2.17 bits per heavy atom. The molecule has 0 fully saturated rings. The number of carbonyl (C=O) groups is 1. The van der Waals surface area contributed by atoms with Gasteiger partial charge in [-0.2, -0.15) is 5.10 Å². The Kier molecular flexibility index (Phi) is 6.01. The van der Waals surface area contributed by atoms with Gasteiger partial charge in [-0.25, -0.2) is 0 Å². The molecule has 24 heavy (non-hydrogen) atoms. The van der Waals surface area contributed by atoms with Crippen molar-refractivity contribution in [2.45, 2.75) is 13.5 Å². The predicted molar refractivity (Wildman–Crippen MR) is 92.9 cm³/mol. The van der Waals surface area contributed by atoms with E-state index in [4.69, 9.17) is 9.47 Å². The van der Waals surface area contributed by atoms with E-state index in [0.717, 1.165) is 11.1 Å². The SMILES string of the molecule is C/C=C/c1ccc(OCC(=O)N(C)Cc2cnn(C)c2)c(OC)c1. The molecule has 1 aromatic carbocycles. The first-order valence-corrected chi connectivity index (χ1v) is 7.68. The summed E-state index contributed by atoms with van der Waals surface area (Å²) in [7, 11) is 5.17. The number of aryl methyl sites for hydroxylation is 1. The van der Waals surface area contributed by atoms with Crippen LogP contribution in [0.1, 0.15) is 18.1 Å². The van der Waals surface area contributed by atoms with Crippen molar-refractivity contribution in [3.05, 3.63) is 47.8 Å². The minimum absolute atomic E-state index is 0.0455. The molecular weight excluding hydrogens is 306 g/mol. The van der Waals surface area contributed by atoms with Crippen LogP contribution in [0, 0.1) is 0 Å². The number of hydrogen-bond acceptors (Lipinski definition) is 4. The molecule has 128 valence electrons. The van der Waals surface area contributed by atoms with Crippen LogP contribution in [-0.2, 0) is 18.4 Å². The van der Waals surface area contributed by atoms with Crippen molar-refractivity contribution < 1.29 is 14.3 Å². The lowest BCUT2D eigenvalue weighted by Gasteiger charge is -2.17. The Morgan fingerprint density at radius 1 is 1.38 bits per heavy atom. The Balaban J connectivity index is 1.95. The molecule has 1 heterocycles. The molecule has 0 aliphatic carbocycles. The Hall–Kier alpha value is -2.76. The molecule has 6 nitrogen and oxygen atoms in total. The molecule has 1 amide bonds. The molecular formula is C18H23N3O3. The van der Waals surface area contributed by atoms with Gasteiger partial charge in [0.25, 0.3) is 5.91 Å². The van der Waals surface area contributed by atoms with Gasteiger partial charge in [0.15, 0.2) is 18.1 Å². The summed E-state index contributed by atoms with van der Waals surface area (Å²) in [6.45, 7) is 2.40. The smallest absolute Gasteiger partial charge is 0.260 e. The molecule has 1 aromatic heterocycles. The van der Waals surface area contributed by atoms with Gasteiger partial charge in [0, 0.05) is 32.4 Å². The number of nitrogens with zero attached hydrogens (tertiary/aromatic N) is 3. The number of hydrogen-bond donors (Lipinski definition) is 0. The maximum atomic E-state index is 12.2. The summed E-state index contributed by atoms with van der Waals surface area (Å²) in [6.07, 6.45) is 7.55. The zero-order valence-electron chi connectivity index (χ0n) is 14.5. The predicted octanol–water partition coefficient (Wildman–Crippen LogP) is 2.50. The number of ether oxygens (including phenoxy) is 2. The highest BCUT2D eigenvalue weighted by atomic mass is 16.5. The van der Waals surface area contributed by atoms with Crippen molar-refractivity contribution in [3.63, 3.8) is 0 Å². The van der Waals surface area contributed by atoms with E-state index >= 15 is 0 Å². The second-order valence-electron chi connectivity index (χ2n) is 5.47. The fraction of sp³-hybridized carbons (Fsp3) is 0.333. The van der Waals surface area contributed by atoms with E-state index in [-0.39, 0.29) is 12.5 Å². The lowest BCUT2D eigenvalue weighted by Crippen LogP contribution is -2.30. The normalized spacial score (nSPS) is 10.8. The summed E-state index contributed by atoms with van der Waals surface area (Å²) in [4.78, 5) is 13.8. The minimum Gasteiger partial charge on any atom is -0.493 e. The van der Waals surface area contributed by atoms with Crippen molar-refractivity contribution in [2.24, 2.45) is 7.05 Å². The zero-order chi connectivity index (χ0) is 17.5. The summed E-state index contributed by atoms with van der Waals surface area (Å²) < 4.78 is 12.7. The fourth-order valence-corrected chi connectivity index (χ4v) is 2.26. The summed E-state index contributed by atoms with van der Waals surface area (Å²) >= 11 is 0. The van der Waals surface area contributed by atoms with Crippen LogP contribution in [0.25, 0.3) is 6.08 Å². The van der Waals surface area contributed by atoms with Crippen molar-refractivity contribution in [1.82, 2.24) is 14.7 Å². The topological polar surface area (TPSA) is 56.6 Å². The highest BCUT2D eigenvalue weighted by molar-refractivity contribution is 5.77. The van der Waals surface area contributed by atoms with Crippen LogP contribution < -0.4 is 9.47 Å². The van der Waals surface area contributed by atoms with E-state index in [0.29, 0.717) is 18.0 Å². The summed E-state index contributed by atoms with van der Waals surface area (Å²) in [5.41, 5.74) is 1.99. The molecule has 0 spiro atoms. The third-order valence-corrected chi connectivity index (χ3v) is 3.50. The average Bonchev–Trinajstić information content (AvgIpc) is 2.98. The first-order chi connectivity index (χ1) is 11.5. The van der Waals surface area contributed by atoms with Crippen molar-refractivity contribution in [3.8, 4) is 11.5 Å². The van der Waals surface area contributed by atoms with Crippen molar-refractivity contribution >= 4 is 12.0 Å². The number of benzene rings is 1. The quantitative estimate of drug-likeness (QED) is 0.783. The molecule has 2 rings (SSSR count). The van der Waals surface area contributed by atoms with E-state index in [2.05, 4.69) is 5.10 Å². The summed E-state index contributed by atoms with van der Waals surface area (Å²) in [6, 6.07) is 5.60. The van der Waals surface area contributed by atoms with Gasteiger partial charge in [0.1, 0.15) is 0 Å². The molecule has 0 unspecified atom stereocenters. The largest absolute Gasteiger partial charge is 0.493 e. The van der Waals surface area contributed by atoms with Gasteiger partial charge < -0.3 is 14.4 Å². The van der Waals surface area contributed by atoms with Crippen LogP contribution in [0.2, 0.25) is 0 Å². The number of likely N-dealkylation sites (N-methyl/N-ethyl adjacent to an activating group) is 1. The van der Waals surface area contributed by atoms with E-state index in [9.17, 15) is 4.79 Å². The van der Waals surface area contributed by atoms with Gasteiger partial charge in [-0.15, -0.1) is 0 Å². The highest BCUT2D eigenvalue weighted by Crippen LogP contribution is 2.28. The first-order valence-electron chi connectivity index (χ1n) is 7.68. The second kappa shape index (κ2) is 8.19. The molecule has 6 heteroatoms. The lowest BCUT2D eigenvalue weighted by atomic mass is 10.2. The number of allylic oxidation sites excluding steroid dienone is 1. The van der Waals surface area contributed by atoms with Crippen LogP contribution >= 0.6 is 0 Å². The van der Waals surface area contributed by atoms with Gasteiger partial charge in [0.05, 0.1) is 13.3 Å². The third kappa shape index (κ3) is 4.62. The first kappa shape index (κ1) is 17.6. The maximum Gasteiger partial charge on any atom is 0.260 e. The highest BCUT2D eigenvalue weighted by Gasteiger charge is 2.13. The standard InChI is InChI=1S/C18H23N3O3/c1-5-6-14-7-8-16(17(9-14)23-4)24-13-18(22)20(2)11-15-10-19-21(3)12-15/h5-10,12H,11,13H2,1-4H3/b6-5+. The van der Waals surface area contributed by atoms with Gasteiger partial charge in [-0.3, -0.25) is 9.48 Å². The molecule has 0 atom stereocenters. The van der Waals surface area contributed by atoms with Crippen LogP contribution in [0.15, 0.2) is 36.7 Å². The second-order valence-corrected chi connectivity index (χ2v) is 5.47. The van der Waals surface area contributed by atoms with Crippen LogP contribution in [0.3, 0.4) is 0 Å². The van der Waals surface area contributed by atoms with Crippen molar-refractivity contribution in [1.29, 1.82) is 0 Å². The number of amides is 1. The zero-order valence-corrected chi connectivity index (χ0v) is 14.5. The molecule has 0 saturated heterocycles. The Morgan fingerprint density at radius 3 is 2.79 bits per heavy atom. The number of methoxy groups -OCH3 is 1. The molecule has 0 saturated carbocycles. The lowest BCUT2D eigenvalue weighted by molar-refractivity contribution is -0.132. The molecule has 0 aliphatic rings. The fourth-order valence-electron chi connectivity index (χ4n) is 2.26. The van der Waals surface area contributed by atoms with Crippen LogP contribution in [-0.4, -0.2) is 41.4 Å². The third-order valence-electron chi connectivity index (χ3n) is 3.50. The van der Waals surface area contributed by atoms with Crippen LogP contribution in [0.5, 0.6) is 11.5 Å². The van der Waals surface area contributed by atoms with E-state index in [1.54, 1.807) is 29.9 Å². The van der Waals surface area contributed by atoms with Gasteiger partial charge in [0.2, 0.25) is 0 Å². The molecule has 0 radical (unpaired) electrons. The average molecular weight is 329 g/mol. The number of carbonyl (C=O) groups excluding carboxylic acids is 1. The minimum atomic E-state index is -0.113. The maximum absolute atomic E-state index is 12.2. The Bertz CT molecular complexity index is 722. The summed E-state index contributed by atoms with van der Waals surface area (Å²) in [5.74, 6) is 1.04. The van der Waals surface area contributed by atoms with E-state index in [1.165, 1.54) is 0 Å². The molecule has 0 N–H and O–H groups in total. The van der Waals surface area contributed by atoms with Crippen molar-refractivity contribution in [2.75, 3.05) is 20.8 Å². The molecule has 0 bridgehead atoms. The van der Waals surface area contributed by atoms with Gasteiger partial charge in [-0.1, -0.05) is 18.2 Å². The monoisotopic (exact) mass is 329 g/mol. The van der Waals surface area contributed by atoms with Gasteiger partial charge >= 0.3 is 0 Å². The van der Waals surface area contributed by atoms with Gasteiger partial charge in [-0.05, 0) is 24.6 Å². The molecule has 0 aliphatic heterocycles. The Labute approximate surface area is 142 Å². The summed E-state index contributed by atoms with van der Waals surface area (Å²) in [5, 5.41) is 4.09. The van der Waals surface area contributed by atoms with E-state index < -0.39 is 0 Å². The number of rotatable bonds is 7. The number of aromatic nitrogens is 2. The molecule has 2 aromatic rings. The van der Waals surface area contributed by atoms with Crippen LogP contribution in [0.4, 0.5) is 0 Å². The van der Waals surface area contributed by atoms with E-state index in [1.807, 2.05) is 50.5 Å².